The van der Waals surface area contributed by atoms with Crippen molar-refractivity contribution in [1.82, 2.24) is 5.32 Å². The molecule has 1 aliphatic rings. The highest BCUT2D eigenvalue weighted by molar-refractivity contribution is 7.80. The molecule has 0 spiro atoms. The summed E-state index contributed by atoms with van der Waals surface area (Å²) < 4.78 is 16.0. The summed E-state index contributed by atoms with van der Waals surface area (Å²) in [5, 5.41) is 9.38. The molecule has 0 aromatic heterocycles. The van der Waals surface area contributed by atoms with Gasteiger partial charge in [0.1, 0.15) is 5.75 Å². The van der Waals surface area contributed by atoms with Gasteiger partial charge in [-0.3, -0.25) is 4.79 Å². The van der Waals surface area contributed by atoms with Gasteiger partial charge in [-0.2, -0.15) is 0 Å². The molecule has 0 aliphatic carbocycles. The number of hydrogen-bond donors (Lipinski definition) is 3. The molecule has 2 aromatic carbocycles. The van der Waals surface area contributed by atoms with Crippen LogP contribution in [0.1, 0.15) is 12.5 Å². The number of carbonyl (C=O) groups excluding carboxylic acids is 1. The van der Waals surface area contributed by atoms with Gasteiger partial charge < -0.3 is 30.2 Å². The van der Waals surface area contributed by atoms with Gasteiger partial charge in [-0.05, 0) is 48.1 Å². The number of ether oxygens (including phenoxy) is 3. The van der Waals surface area contributed by atoms with Crippen molar-refractivity contribution in [3.8, 4) is 17.2 Å². The SMILES string of the molecule is COc1ccc(NC(C)=O)cc1NC(=S)NCc1ccc2c(c1)OCO2. The van der Waals surface area contributed by atoms with Crippen LogP contribution in [0, 0.1) is 0 Å². The van der Waals surface area contributed by atoms with Gasteiger partial charge in [0, 0.05) is 19.2 Å². The van der Waals surface area contributed by atoms with Crippen molar-refractivity contribution < 1.29 is 19.0 Å². The molecule has 3 rings (SSSR count). The van der Waals surface area contributed by atoms with Gasteiger partial charge in [0.25, 0.3) is 0 Å². The number of nitrogens with one attached hydrogen (secondary N) is 3. The summed E-state index contributed by atoms with van der Waals surface area (Å²) in [5.74, 6) is 1.94. The quantitative estimate of drug-likeness (QED) is 0.695. The maximum absolute atomic E-state index is 11.2. The molecule has 2 aromatic rings. The lowest BCUT2D eigenvalue weighted by molar-refractivity contribution is -0.114. The van der Waals surface area contributed by atoms with Gasteiger partial charge in [0.05, 0.1) is 12.8 Å². The number of fused-ring (bicyclic) bond motifs is 1. The van der Waals surface area contributed by atoms with Crippen molar-refractivity contribution in [2.75, 3.05) is 24.5 Å². The Morgan fingerprint density at radius 2 is 1.96 bits per heavy atom. The molecule has 26 heavy (non-hydrogen) atoms. The average Bonchev–Trinajstić information content (AvgIpc) is 3.07. The molecule has 0 saturated carbocycles. The highest BCUT2D eigenvalue weighted by Crippen LogP contribution is 2.32. The summed E-state index contributed by atoms with van der Waals surface area (Å²) >= 11 is 5.35. The van der Waals surface area contributed by atoms with Crippen molar-refractivity contribution >= 4 is 34.6 Å². The lowest BCUT2D eigenvalue weighted by Crippen LogP contribution is -2.28. The Labute approximate surface area is 156 Å². The first-order valence-corrected chi connectivity index (χ1v) is 8.35. The number of carbonyl (C=O) groups is 1. The zero-order valence-corrected chi connectivity index (χ0v) is 15.2. The van der Waals surface area contributed by atoms with Crippen molar-refractivity contribution in [3.63, 3.8) is 0 Å². The van der Waals surface area contributed by atoms with Crippen LogP contribution in [0.25, 0.3) is 0 Å². The van der Waals surface area contributed by atoms with Crippen LogP contribution in [0.3, 0.4) is 0 Å². The summed E-state index contributed by atoms with van der Waals surface area (Å²) in [5.41, 5.74) is 2.32. The van der Waals surface area contributed by atoms with Crippen LogP contribution < -0.4 is 30.2 Å². The summed E-state index contributed by atoms with van der Waals surface area (Å²) in [6.45, 7) is 2.22. The van der Waals surface area contributed by atoms with E-state index in [1.807, 2.05) is 18.2 Å². The summed E-state index contributed by atoms with van der Waals surface area (Å²) in [6, 6.07) is 11.0. The number of thiocarbonyl (C=S) groups is 1. The van der Waals surface area contributed by atoms with Gasteiger partial charge in [0.2, 0.25) is 12.7 Å². The van der Waals surface area contributed by atoms with Crippen molar-refractivity contribution in [2.24, 2.45) is 0 Å². The standard InChI is InChI=1S/C18H19N3O4S/c1-11(22)20-13-4-6-15(23-2)14(8-13)21-18(26)19-9-12-3-5-16-17(7-12)25-10-24-16/h3-8H,9-10H2,1-2H3,(H,20,22)(H2,19,21,26). The lowest BCUT2D eigenvalue weighted by Gasteiger charge is -2.15. The average molecular weight is 373 g/mol. The third-order valence-electron chi connectivity index (χ3n) is 3.66. The van der Waals surface area contributed by atoms with Crippen LogP contribution in [-0.4, -0.2) is 24.9 Å². The van der Waals surface area contributed by atoms with E-state index < -0.39 is 0 Å². The Kier molecular flexibility index (Phi) is 5.43. The van der Waals surface area contributed by atoms with Gasteiger partial charge in [0.15, 0.2) is 16.6 Å². The van der Waals surface area contributed by atoms with Gasteiger partial charge in [-0.25, -0.2) is 0 Å². The fourth-order valence-electron chi connectivity index (χ4n) is 2.49. The number of anilines is 2. The highest BCUT2D eigenvalue weighted by atomic mass is 32.1. The van der Waals surface area contributed by atoms with Gasteiger partial charge >= 0.3 is 0 Å². The summed E-state index contributed by atoms with van der Waals surface area (Å²) in [6.07, 6.45) is 0. The van der Waals surface area contributed by atoms with Crippen molar-refractivity contribution in [2.45, 2.75) is 13.5 Å². The van der Waals surface area contributed by atoms with E-state index in [9.17, 15) is 4.79 Å². The molecule has 0 radical (unpaired) electrons. The van der Waals surface area contributed by atoms with Crippen molar-refractivity contribution in [1.29, 1.82) is 0 Å². The topological polar surface area (TPSA) is 80.9 Å². The van der Waals surface area contributed by atoms with Crippen LogP contribution in [0.4, 0.5) is 11.4 Å². The minimum absolute atomic E-state index is 0.148. The molecule has 8 heteroatoms. The molecule has 7 nitrogen and oxygen atoms in total. The Hall–Kier alpha value is -3.00. The van der Waals surface area contributed by atoms with E-state index in [4.69, 9.17) is 26.4 Å². The third kappa shape index (κ3) is 4.34. The Morgan fingerprint density at radius 1 is 1.15 bits per heavy atom. The zero-order valence-electron chi connectivity index (χ0n) is 14.4. The summed E-state index contributed by atoms with van der Waals surface area (Å²) in [7, 11) is 1.57. The second-order valence-electron chi connectivity index (χ2n) is 5.59. The predicted octanol–water partition coefficient (Wildman–Crippen LogP) is 2.87. The van der Waals surface area contributed by atoms with Crippen LogP contribution in [0.5, 0.6) is 17.2 Å². The van der Waals surface area contributed by atoms with Gasteiger partial charge in [-0.1, -0.05) is 6.07 Å². The summed E-state index contributed by atoms with van der Waals surface area (Å²) in [4.78, 5) is 11.2. The predicted molar refractivity (Wildman–Crippen MR) is 103 cm³/mol. The van der Waals surface area contributed by atoms with Crippen LogP contribution in [0.2, 0.25) is 0 Å². The van der Waals surface area contributed by atoms with Crippen molar-refractivity contribution in [3.05, 3.63) is 42.0 Å². The van der Waals surface area contributed by atoms with E-state index >= 15 is 0 Å². The fraction of sp³-hybridized carbons (Fsp3) is 0.222. The molecule has 136 valence electrons. The van der Waals surface area contributed by atoms with Gasteiger partial charge in [-0.15, -0.1) is 0 Å². The largest absolute Gasteiger partial charge is 0.495 e. The van der Waals surface area contributed by atoms with Crippen LogP contribution in [0.15, 0.2) is 36.4 Å². The fourth-order valence-corrected chi connectivity index (χ4v) is 2.67. The first-order valence-electron chi connectivity index (χ1n) is 7.94. The highest BCUT2D eigenvalue weighted by Gasteiger charge is 2.13. The van der Waals surface area contributed by atoms with E-state index in [2.05, 4.69) is 16.0 Å². The molecular weight excluding hydrogens is 354 g/mol. The van der Waals surface area contributed by atoms with Crippen LogP contribution in [-0.2, 0) is 11.3 Å². The molecule has 0 fully saturated rings. The number of rotatable bonds is 5. The molecule has 1 amide bonds. The molecule has 0 unspecified atom stereocenters. The molecule has 0 bridgehead atoms. The normalized spacial score (nSPS) is 11.6. The van der Waals surface area contributed by atoms with Crippen LogP contribution >= 0.6 is 12.2 Å². The molecule has 0 saturated heterocycles. The minimum atomic E-state index is -0.148. The number of benzene rings is 2. The first-order chi connectivity index (χ1) is 12.5. The smallest absolute Gasteiger partial charge is 0.231 e. The Bertz CT molecular complexity index is 841. The van der Waals surface area contributed by atoms with E-state index in [1.165, 1.54) is 6.92 Å². The molecule has 1 heterocycles. The minimum Gasteiger partial charge on any atom is -0.495 e. The second kappa shape index (κ2) is 7.92. The van der Waals surface area contributed by atoms with E-state index in [1.54, 1.807) is 25.3 Å². The maximum Gasteiger partial charge on any atom is 0.231 e. The third-order valence-corrected chi connectivity index (χ3v) is 3.90. The molecule has 1 aliphatic heterocycles. The maximum atomic E-state index is 11.2. The number of amides is 1. The van der Waals surface area contributed by atoms with E-state index in [0.29, 0.717) is 28.8 Å². The number of methoxy groups -OCH3 is 1. The Balaban J connectivity index is 1.63. The zero-order chi connectivity index (χ0) is 18.5. The van der Waals surface area contributed by atoms with E-state index in [0.717, 1.165) is 17.1 Å². The molecule has 3 N–H and O–H groups in total. The lowest BCUT2D eigenvalue weighted by atomic mass is 10.2. The number of hydrogen-bond acceptors (Lipinski definition) is 5. The molecule has 0 atom stereocenters. The second-order valence-corrected chi connectivity index (χ2v) is 6.00. The molecular formula is C18H19N3O4S. The first kappa shape index (κ1) is 17.8. The van der Waals surface area contributed by atoms with E-state index in [-0.39, 0.29) is 12.7 Å². The Morgan fingerprint density at radius 3 is 2.73 bits per heavy atom. The monoisotopic (exact) mass is 373 g/mol.